The third-order valence-corrected chi connectivity index (χ3v) is 10.7. The van der Waals surface area contributed by atoms with E-state index in [-0.39, 0.29) is 0 Å². The minimum atomic E-state index is 0.707. The Hall–Kier alpha value is -7.30. The maximum Gasteiger partial charge on any atom is 0.160 e. The summed E-state index contributed by atoms with van der Waals surface area (Å²) in [5.74, 6) is 0.707. The Kier molecular flexibility index (Phi) is 6.82. The minimum absolute atomic E-state index is 0.707. The van der Waals surface area contributed by atoms with Crippen LogP contribution in [-0.2, 0) is 0 Å². The number of hydrogen-bond donors (Lipinski definition) is 0. The molecule has 0 spiro atoms. The SMILES string of the molecule is c1ccc(-c2nc(-c3ccc(-n4c5ccccc5c5ccc6c7ccccc7n(-c7ccccc7)c6c54)cc3)cc(-c3cccc4ccccc34)n2)cc1. The van der Waals surface area contributed by atoms with E-state index in [2.05, 4.69) is 185 Å². The molecule has 11 aromatic rings. The third-order valence-electron chi connectivity index (χ3n) is 10.7. The third kappa shape index (κ3) is 4.70. The van der Waals surface area contributed by atoms with Crippen LogP contribution in [-0.4, -0.2) is 19.1 Å². The number of nitrogens with zero attached hydrogens (tertiary/aromatic N) is 4. The van der Waals surface area contributed by atoms with Gasteiger partial charge in [-0.25, -0.2) is 9.97 Å². The van der Waals surface area contributed by atoms with Gasteiger partial charge in [-0.2, -0.15) is 0 Å². The monoisotopic (exact) mass is 688 g/mol. The van der Waals surface area contributed by atoms with Gasteiger partial charge in [0.25, 0.3) is 0 Å². The smallest absolute Gasteiger partial charge is 0.160 e. The molecule has 4 heteroatoms. The molecule has 0 radical (unpaired) electrons. The van der Waals surface area contributed by atoms with Crippen LogP contribution in [0.25, 0.3) is 99.7 Å². The standard InChI is InChI=1S/C50H32N4/c1-3-15-35(16-4-1)50-51-44(32-45(52-50)39-23-13-17-33-14-7-8-20-38(33)39)34-26-28-37(29-27-34)54-47-25-12-10-22-41(47)43-31-30-42-40-21-9-11-24-46(40)53(48(42)49(43)54)36-18-5-2-6-19-36/h1-32H. The van der Waals surface area contributed by atoms with Crippen molar-refractivity contribution in [1.29, 1.82) is 0 Å². The highest BCUT2D eigenvalue weighted by Gasteiger charge is 2.21. The summed E-state index contributed by atoms with van der Waals surface area (Å²) in [6, 6.07) is 69.0. The molecule has 0 atom stereocenters. The fourth-order valence-electron chi connectivity index (χ4n) is 8.29. The van der Waals surface area contributed by atoms with Crippen LogP contribution in [0.3, 0.4) is 0 Å². The molecule has 0 saturated carbocycles. The van der Waals surface area contributed by atoms with Crippen LogP contribution < -0.4 is 0 Å². The van der Waals surface area contributed by atoms with Crippen molar-refractivity contribution in [3.63, 3.8) is 0 Å². The van der Waals surface area contributed by atoms with E-state index in [1.807, 2.05) is 18.2 Å². The van der Waals surface area contributed by atoms with Gasteiger partial charge in [-0.3, -0.25) is 0 Å². The van der Waals surface area contributed by atoms with Gasteiger partial charge in [0.15, 0.2) is 5.82 Å². The van der Waals surface area contributed by atoms with Gasteiger partial charge in [0.1, 0.15) is 0 Å². The normalized spacial score (nSPS) is 11.7. The zero-order chi connectivity index (χ0) is 35.6. The number of benzene rings is 8. The zero-order valence-corrected chi connectivity index (χ0v) is 29.3. The predicted octanol–water partition coefficient (Wildman–Crippen LogP) is 12.8. The first-order valence-corrected chi connectivity index (χ1v) is 18.3. The first kappa shape index (κ1) is 30.3. The molecule has 0 N–H and O–H groups in total. The van der Waals surface area contributed by atoms with Crippen molar-refractivity contribution in [1.82, 2.24) is 19.1 Å². The molecule has 0 bridgehead atoms. The Balaban J connectivity index is 1.14. The highest BCUT2D eigenvalue weighted by atomic mass is 15.0. The quantitative estimate of drug-likeness (QED) is 0.180. The molecule has 3 aromatic heterocycles. The van der Waals surface area contributed by atoms with Crippen LogP contribution in [0.15, 0.2) is 194 Å². The van der Waals surface area contributed by atoms with E-state index in [0.29, 0.717) is 5.82 Å². The molecule has 54 heavy (non-hydrogen) atoms. The second kappa shape index (κ2) is 12.1. The van der Waals surface area contributed by atoms with Crippen LogP contribution in [0, 0.1) is 0 Å². The number of hydrogen-bond acceptors (Lipinski definition) is 2. The van der Waals surface area contributed by atoms with Crippen LogP contribution >= 0.6 is 0 Å². The average Bonchev–Trinajstić information content (AvgIpc) is 3.77. The van der Waals surface area contributed by atoms with Crippen molar-refractivity contribution in [2.24, 2.45) is 0 Å². The van der Waals surface area contributed by atoms with Crippen LogP contribution in [0.2, 0.25) is 0 Å². The number of aromatic nitrogens is 4. The lowest BCUT2D eigenvalue weighted by Gasteiger charge is -2.14. The molecule has 0 amide bonds. The summed E-state index contributed by atoms with van der Waals surface area (Å²) in [5, 5.41) is 7.29. The molecule has 4 nitrogen and oxygen atoms in total. The number of rotatable bonds is 5. The van der Waals surface area contributed by atoms with Crippen LogP contribution in [0.1, 0.15) is 0 Å². The molecule has 0 aliphatic heterocycles. The Morgan fingerprint density at radius 3 is 1.52 bits per heavy atom. The van der Waals surface area contributed by atoms with Crippen molar-refractivity contribution >= 4 is 54.4 Å². The molecule has 252 valence electrons. The zero-order valence-electron chi connectivity index (χ0n) is 29.3. The van der Waals surface area contributed by atoms with E-state index in [4.69, 9.17) is 9.97 Å². The van der Waals surface area contributed by atoms with E-state index in [0.717, 1.165) is 39.5 Å². The highest BCUT2D eigenvalue weighted by molar-refractivity contribution is 6.23. The summed E-state index contributed by atoms with van der Waals surface area (Å²) in [6.45, 7) is 0. The minimum Gasteiger partial charge on any atom is -0.307 e. The van der Waals surface area contributed by atoms with Gasteiger partial charge >= 0.3 is 0 Å². The Morgan fingerprint density at radius 2 is 0.852 bits per heavy atom. The van der Waals surface area contributed by atoms with Gasteiger partial charge in [-0.05, 0) is 53.2 Å². The van der Waals surface area contributed by atoms with E-state index in [1.165, 1.54) is 54.4 Å². The van der Waals surface area contributed by atoms with E-state index in [9.17, 15) is 0 Å². The largest absolute Gasteiger partial charge is 0.307 e. The molecule has 11 rings (SSSR count). The molecule has 0 aliphatic rings. The first-order chi connectivity index (χ1) is 26.8. The topological polar surface area (TPSA) is 35.6 Å². The van der Waals surface area contributed by atoms with Crippen LogP contribution in [0.4, 0.5) is 0 Å². The summed E-state index contributed by atoms with van der Waals surface area (Å²) in [6.07, 6.45) is 0. The lowest BCUT2D eigenvalue weighted by atomic mass is 10.0. The second-order valence-electron chi connectivity index (χ2n) is 13.8. The molecule has 0 unspecified atom stereocenters. The summed E-state index contributed by atoms with van der Waals surface area (Å²) in [5.41, 5.74) is 11.9. The molecule has 0 saturated heterocycles. The maximum atomic E-state index is 5.16. The summed E-state index contributed by atoms with van der Waals surface area (Å²) in [4.78, 5) is 10.3. The average molecular weight is 689 g/mol. The van der Waals surface area contributed by atoms with E-state index >= 15 is 0 Å². The Labute approximate surface area is 311 Å². The van der Waals surface area contributed by atoms with Gasteiger partial charge in [0.05, 0.1) is 33.5 Å². The highest BCUT2D eigenvalue weighted by Crippen LogP contribution is 2.42. The number of para-hydroxylation sites is 3. The van der Waals surface area contributed by atoms with Crippen molar-refractivity contribution in [2.75, 3.05) is 0 Å². The summed E-state index contributed by atoms with van der Waals surface area (Å²) in [7, 11) is 0. The fraction of sp³-hybridized carbons (Fsp3) is 0. The molecule has 0 aliphatic carbocycles. The molecule has 3 heterocycles. The van der Waals surface area contributed by atoms with Crippen molar-refractivity contribution in [3.05, 3.63) is 194 Å². The summed E-state index contributed by atoms with van der Waals surface area (Å²) < 4.78 is 4.86. The van der Waals surface area contributed by atoms with Crippen LogP contribution in [0.5, 0.6) is 0 Å². The lowest BCUT2D eigenvalue weighted by molar-refractivity contribution is 1.15. The van der Waals surface area contributed by atoms with E-state index < -0.39 is 0 Å². The second-order valence-corrected chi connectivity index (χ2v) is 13.8. The van der Waals surface area contributed by atoms with Crippen molar-refractivity contribution in [3.8, 4) is 45.3 Å². The predicted molar refractivity (Wildman–Crippen MR) is 225 cm³/mol. The Morgan fingerprint density at radius 1 is 0.333 bits per heavy atom. The maximum absolute atomic E-state index is 5.16. The fourth-order valence-corrected chi connectivity index (χ4v) is 8.29. The molecular weight excluding hydrogens is 657 g/mol. The summed E-state index contributed by atoms with van der Waals surface area (Å²) >= 11 is 0. The van der Waals surface area contributed by atoms with Gasteiger partial charge in [0, 0.05) is 49.6 Å². The van der Waals surface area contributed by atoms with Gasteiger partial charge < -0.3 is 9.13 Å². The van der Waals surface area contributed by atoms with Gasteiger partial charge in [-0.1, -0.05) is 152 Å². The van der Waals surface area contributed by atoms with Gasteiger partial charge in [0.2, 0.25) is 0 Å². The van der Waals surface area contributed by atoms with Crippen molar-refractivity contribution < 1.29 is 0 Å². The molecular formula is C50H32N4. The first-order valence-electron chi connectivity index (χ1n) is 18.3. The Bertz CT molecular complexity index is 3190. The van der Waals surface area contributed by atoms with Gasteiger partial charge in [-0.15, -0.1) is 0 Å². The molecule has 8 aromatic carbocycles. The molecule has 0 fully saturated rings. The number of fused-ring (bicyclic) bond motifs is 8. The van der Waals surface area contributed by atoms with Crippen molar-refractivity contribution in [2.45, 2.75) is 0 Å². The van der Waals surface area contributed by atoms with E-state index in [1.54, 1.807) is 0 Å². The lowest BCUT2D eigenvalue weighted by Crippen LogP contribution is -1.99.